The lowest BCUT2D eigenvalue weighted by atomic mass is 10.2. The van der Waals surface area contributed by atoms with Gasteiger partial charge in [0, 0.05) is 18.7 Å². The predicted molar refractivity (Wildman–Crippen MR) is 115 cm³/mol. The molecule has 6 nitrogen and oxygen atoms in total. The van der Waals surface area contributed by atoms with Crippen molar-refractivity contribution in [3.05, 3.63) is 69.7 Å². The first-order valence-electron chi connectivity index (χ1n) is 9.67. The standard InChI is InChI=1S/C22H20N4O2S/c1-15-17(14-18-22(27)28-20(23-18)19-10-7-13-29-19)21(25-11-5-6-12-25)26(24-15)16-8-3-2-4-9-16/h2-4,7-10,13-14H,5-6,11-12H2,1H3/b18-14+. The number of benzene rings is 1. The third-order valence-electron chi connectivity index (χ3n) is 5.12. The van der Waals surface area contributed by atoms with Crippen molar-refractivity contribution < 1.29 is 9.53 Å². The van der Waals surface area contributed by atoms with Crippen LogP contribution in [0.2, 0.25) is 0 Å². The van der Waals surface area contributed by atoms with E-state index in [9.17, 15) is 4.79 Å². The lowest BCUT2D eigenvalue weighted by Gasteiger charge is -2.20. The fourth-order valence-corrected chi connectivity index (χ4v) is 4.38. The summed E-state index contributed by atoms with van der Waals surface area (Å²) in [5, 5.41) is 6.73. The molecule has 0 N–H and O–H groups in total. The molecular weight excluding hydrogens is 384 g/mol. The number of rotatable bonds is 4. The van der Waals surface area contributed by atoms with Crippen molar-refractivity contribution in [2.24, 2.45) is 4.99 Å². The lowest BCUT2D eigenvalue weighted by Crippen LogP contribution is -2.22. The van der Waals surface area contributed by atoms with Crippen LogP contribution < -0.4 is 4.90 Å². The number of esters is 1. The fraction of sp³-hybridized carbons (Fsp3) is 0.227. The highest BCUT2D eigenvalue weighted by atomic mass is 32.1. The van der Waals surface area contributed by atoms with E-state index in [1.54, 1.807) is 0 Å². The number of anilines is 1. The lowest BCUT2D eigenvalue weighted by molar-refractivity contribution is -0.129. The van der Waals surface area contributed by atoms with E-state index in [4.69, 9.17) is 9.84 Å². The molecule has 3 aromatic rings. The van der Waals surface area contributed by atoms with Gasteiger partial charge in [-0.05, 0) is 49.4 Å². The van der Waals surface area contributed by atoms with E-state index in [0.717, 1.165) is 53.6 Å². The molecule has 2 aliphatic rings. The van der Waals surface area contributed by atoms with Crippen LogP contribution in [0.3, 0.4) is 0 Å². The van der Waals surface area contributed by atoms with Gasteiger partial charge < -0.3 is 9.64 Å². The van der Waals surface area contributed by atoms with Crippen LogP contribution in [0, 0.1) is 6.92 Å². The number of carbonyl (C=O) groups is 1. The Morgan fingerprint density at radius 1 is 1.10 bits per heavy atom. The second-order valence-corrected chi connectivity index (χ2v) is 8.03. The molecule has 0 aliphatic carbocycles. The summed E-state index contributed by atoms with van der Waals surface area (Å²) < 4.78 is 7.37. The Balaban J connectivity index is 1.62. The Morgan fingerprint density at radius 2 is 1.90 bits per heavy atom. The molecule has 2 aliphatic heterocycles. The second-order valence-electron chi connectivity index (χ2n) is 7.08. The molecule has 5 rings (SSSR count). The molecule has 0 amide bonds. The molecule has 1 fully saturated rings. The maximum atomic E-state index is 12.5. The normalized spacial score (nSPS) is 17.8. The topological polar surface area (TPSA) is 59.7 Å². The van der Waals surface area contributed by atoms with Gasteiger partial charge in [-0.2, -0.15) is 5.10 Å². The van der Waals surface area contributed by atoms with E-state index >= 15 is 0 Å². The summed E-state index contributed by atoms with van der Waals surface area (Å²) in [6.45, 7) is 3.92. The zero-order chi connectivity index (χ0) is 19.8. The van der Waals surface area contributed by atoms with Gasteiger partial charge in [0.15, 0.2) is 5.70 Å². The summed E-state index contributed by atoms with van der Waals surface area (Å²) in [4.78, 5) is 20.1. The first kappa shape index (κ1) is 17.9. The molecule has 29 heavy (non-hydrogen) atoms. The summed E-state index contributed by atoms with van der Waals surface area (Å²) in [6, 6.07) is 13.9. The van der Waals surface area contributed by atoms with Crippen molar-refractivity contribution in [3.63, 3.8) is 0 Å². The molecule has 0 spiro atoms. The maximum Gasteiger partial charge on any atom is 0.363 e. The predicted octanol–water partition coefficient (Wildman–Crippen LogP) is 4.19. The van der Waals surface area contributed by atoms with Gasteiger partial charge in [-0.1, -0.05) is 24.3 Å². The van der Waals surface area contributed by atoms with Crippen molar-refractivity contribution in [1.82, 2.24) is 9.78 Å². The quantitative estimate of drug-likeness (QED) is 0.483. The van der Waals surface area contributed by atoms with Crippen LogP contribution in [0.1, 0.15) is 29.0 Å². The summed E-state index contributed by atoms with van der Waals surface area (Å²) in [5.41, 5.74) is 3.08. The highest BCUT2D eigenvalue weighted by molar-refractivity contribution is 7.12. The van der Waals surface area contributed by atoms with Crippen LogP contribution in [-0.4, -0.2) is 34.7 Å². The van der Waals surface area contributed by atoms with Crippen LogP contribution in [0.15, 0.2) is 58.5 Å². The Hall–Kier alpha value is -3.19. The maximum absolute atomic E-state index is 12.5. The Kier molecular flexibility index (Phi) is 4.52. The van der Waals surface area contributed by atoms with E-state index in [1.807, 2.05) is 65.5 Å². The third kappa shape index (κ3) is 3.27. The third-order valence-corrected chi connectivity index (χ3v) is 5.98. The fourth-order valence-electron chi connectivity index (χ4n) is 3.73. The Labute approximate surface area is 172 Å². The first-order valence-corrected chi connectivity index (χ1v) is 10.5. The molecule has 7 heteroatoms. The molecule has 0 bridgehead atoms. The molecule has 4 heterocycles. The number of aryl methyl sites for hydroxylation is 1. The summed E-state index contributed by atoms with van der Waals surface area (Å²) in [5.74, 6) is 0.950. The Bertz CT molecular complexity index is 1110. The molecule has 0 radical (unpaired) electrons. The van der Waals surface area contributed by atoms with Crippen LogP contribution >= 0.6 is 11.3 Å². The molecular formula is C22H20N4O2S. The van der Waals surface area contributed by atoms with Crippen LogP contribution in [-0.2, 0) is 9.53 Å². The van der Waals surface area contributed by atoms with Crippen molar-refractivity contribution in [2.75, 3.05) is 18.0 Å². The van der Waals surface area contributed by atoms with E-state index in [2.05, 4.69) is 9.89 Å². The highest BCUT2D eigenvalue weighted by Gasteiger charge is 2.28. The molecule has 1 saturated heterocycles. The van der Waals surface area contributed by atoms with Gasteiger partial charge in [0.05, 0.1) is 16.3 Å². The molecule has 0 saturated carbocycles. The highest BCUT2D eigenvalue weighted by Crippen LogP contribution is 2.33. The zero-order valence-electron chi connectivity index (χ0n) is 16.0. The van der Waals surface area contributed by atoms with Crippen LogP contribution in [0.5, 0.6) is 0 Å². The number of aliphatic imine (C=N–C) groups is 1. The van der Waals surface area contributed by atoms with Crippen molar-refractivity contribution in [1.29, 1.82) is 0 Å². The van der Waals surface area contributed by atoms with Crippen molar-refractivity contribution in [3.8, 4) is 5.69 Å². The van der Waals surface area contributed by atoms with Gasteiger partial charge in [-0.15, -0.1) is 11.3 Å². The first-order chi connectivity index (χ1) is 14.2. The number of thiophene rings is 1. The van der Waals surface area contributed by atoms with Crippen LogP contribution in [0.4, 0.5) is 5.82 Å². The molecule has 1 aromatic carbocycles. The van der Waals surface area contributed by atoms with Gasteiger partial charge in [-0.25, -0.2) is 14.5 Å². The smallest absolute Gasteiger partial charge is 0.363 e. The van der Waals surface area contributed by atoms with Gasteiger partial charge in [0.25, 0.3) is 0 Å². The number of cyclic esters (lactones) is 1. The number of carbonyl (C=O) groups excluding carboxylic acids is 1. The minimum absolute atomic E-state index is 0.310. The van der Waals surface area contributed by atoms with Crippen LogP contribution in [0.25, 0.3) is 11.8 Å². The summed E-state index contributed by atoms with van der Waals surface area (Å²) in [6.07, 6.45) is 4.12. The SMILES string of the molecule is Cc1nn(-c2ccccc2)c(N2CCCC2)c1/C=C1/N=C(c2cccs2)OC1=O. The molecule has 0 atom stereocenters. The van der Waals surface area contributed by atoms with Crippen molar-refractivity contribution >= 4 is 35.1 Å². The molecule has 0 unspecified atom stereocenters. The zero-order valence-corrected chi connectivity index (χ0v) is 16.9. The minimum atomic E-state index is -0.423. The molecule has 2 aromatic heterocycles. The average molecular weight is 404 g/mol. The van der Waals surface area contributed by atoms with E-state index in [-0.39, 0.29) is 0 Å². The van der Waals surface area contributed by atoms with Gasteiger partial charge in [0.1, 0.15) is 5.82 Å². The largest absolute Gasteiger partial charge is 0.401 e. The van der Waals surface area contributed by atoms with Crippen molar-refractivity contribution in [2.45, 2.75) is 19.8 Å². The Morgan fingerprint density at radius 3 is 2.62 bits per heavy atom. The number of hydrogen-bond donors (Lipinski definition) is 0. The van der Waals surface area contributed by atoms with Gasteiger partial charge >= 0.3 is 5.97 Å². The number of para-hydroxylation sites is 1. The number of hydrogen-bond acceptors (Lipinski definition) is 6. The second kappa shape index (κ2) is 7.33. The van der Waals surface area contributed by atoms with Gasteiger partial charge in [-0.3, -0.25) is 0 Å². The summed E-state index contributed by atoms with van der Waals surface area (Å²) >= 11 is 1.50. The van der Waals surface area contributed by atoms with Gasteiger partial charge in [0.2, 0.25) is 5.90 Å². The molecule has 146 valence electrons. The average Bonchev–Trinajstić information content (AvgIpc) is 3.52. The monoisotopic (exact) mass is 404 g/mol. The number of aromatic nitrogens is 2. The van der Waals surface area contributed by atoms with E-state index in [1.165, 1.54) is 11.3 Å². The summed E-state index contributed by atoms with van der Waals surface area (Å²) in [7, 11) is 0. The number of nitrogens with zero attached hydrogens (tertiary/aromatic N) is 4. The number of ether oxygens (including phenoxy) is 1. The van der Waals surface area contributed by atoms with E-state index in [0.29, 0.717) is 11.6 Å². The van der Waals surface area contributed by atoms with E-state index < -0.39 is 5.97 Å². The minimum Gasteiger partial charge on any atom is -0.401 e.